The molecule has 0 amide bonds. The van der Waals surface area contributed by atoms with E-state index in [1.54, 1.807) is 19.2 Å². The summed E-state index contributed by atoms with van der Waals surface area (Å²) in [4.78, 5) is 2.27. The van der Waals surface area contributed by atoms with E-state index in [0.29, 0.717) is 0 Å². The average molecular weight is 280 g/mol. The highest BCUT2D eigenvalue weighted by atomic mass is 16.5. The summed E-state index contributed by atoms with van der Waals surface area (Å²) in [5, 5.41) is 13.4. The summed E-state index contributed by atoms with van der Waals surface area (Å²) in [5.41, 5.74) is 0.841. The lowest BCUT2D eigenvalue weighted by Crippen LogP contribution is -2.45. The number of hydrogen-bond donors (Lipinski definition) is 2. The van der Waals surface area contributed by atoms with Crippen LogP contribution in [0, 0.1) is 0 Å². The van der Waals surface area contributed by atoms with Crippen LogP contribution in [0.3, 0.4) is 0 Å². The molecular weight excluding hydrogens is 256 g/mol. The molecule has 2 rings (SSSR count). The molecule has 1 aromatic rings. The Morgan fingerprint density at radius 1 is 1.55 bits per heavy atom. The molecule has 5 nitrogen and oxygen atoms in total. The van der Waals surface area contributed by atoms with E-state index in [2.05, 4.69) is 17.3 Å². The first-order valence-electron chi connectivity index (χ1n) is 7.00. The second-order valence-corrected chi connectivity index (χ2v) is 5.31. The molecule has 0 aliphatic carbocycles. The summed E-state index contributed by atoms with van der Waals surface area (Å²) < 4.78 is 10.9. The van der Waals surface area contributed by atoms with Gasteiger partial charge in [0, 0.05) is 31.2 Å². The molecule has 1 aromatic carbocycles. The van der Waals surface area contributed by atoms with Crippen molar-refractivity contribution in [2.24, 2.45) is 0 Å². The SMILES string of the molecule is COc1ccc(O)c(C(C)NCC2CN(C)CCO2)c1. The van der Waals surface area contributed by atoms with Crippen molar-refractivity contribution in [3.8, 4) is 11.5 Å². The third-order valence-corrected chi connectivity index (χ3v) is 3.69. The van der Waals surface area contributed by atoms with E-state index in [1.165, 1.54) is 0 Å². The van der Waals surface area contributed by atoms with E-state index in [9.17, 15) is 5.11 Å². The van der Waals surface area contributed by atoms with Crippen molar-refractivity contribution in [3.63, 3.8) is 0 Å². The highest BCUT2D eigenvalue weighted by Gasteiger charge is 2.19. The van der Waals surface area contributed by atoms with Gasteiger partial charge in [-0.3, -0.25) is 0 Å². The number of morpholine rings is 1. The van der Waals surface area contributed by atoms with E-state index in [-0.39, 0.29) is 17.9 Å². The van der Waals surface area contributed by atoms with Crippen LogP contribution in [0.4, 0.5) is 0 Å². The monoisotopic (exact) mass is 280 g/mol. The van der Waals surface area contributed by atoms with Gasteiger partial charge in [-0.15, -0.1) is 0 Å². The second-order valence-electron chi connectivity index (χ2n) is 5.31. The zero-order valence-electron chi connectivity index (χ0n) is 12.4. The maximum absolute atomic E-state index is 9.94. The van der Waals surface area contributed by atoms with Gasteiger partial charge in [0.25, 0.3) is 0 Å². The zero-order valence-corrected chi connectivity index (χ0v) is 12.4. The summed E-state index contributed by atoms with van der Waals surface area (Å²) in [7, 11) is 3.73. The van der Waals surface area contributed by atoms with Gasteiger partial charge in [-0.2, -0.15) is 0 Å². The van der Waals surface area contributed by atoms with Gasteiger partial charge in [0.1, 0.15) is 11.5 Å². The molecular formula is C15H24N2O3. The number of phenols is 1. The van der Waals surface area contributed by atoms with Gasteiger partial charge in [0.15, 0.2) is 0 Å². The van der Waals surface area contributed by atoms with Gasteiger partial charge in [-0.05, 0) is 32.2 Å². The summed E-state index contributed by atoms with van der Waals surface area (Å²) in [5.74, 6) is 1.03. The van der Waals surface area contributed by atoms with E-state index in [0.717, 1.165) is 37.6 Å². The number of hydrogen-bond acceptors (Lipinski definition) is 5. The van der Waals surface area contributed by atoms with E-state index in [4.69, 9.17) is 9.47 Å². The first-order chi connectivity index (χ1) is 9.60. The van der Waals surface area contributed by atoms with Crippen molar-refractivity contribution in [2.45, 2.75) is 19.1 Å². The van der Waals surface area contributed by atoms with Crippen LogP contribution in [0.1, 0.15) is 18.5 Å². The Morgan fingerprint density at radius 2 is 2.35 bits per heavy atom. The van der Waals surface area contributed by atoms with Crippen molar-refractivity contribution in [1.29, 1.82) is 0 Å². The molecule has 1 aliphatic heterocycles. The normalized spacial score (nSPS) is 21.6. The van der Waals surface area contributed by atoms with Crippen LogP contribution in [0.5, 0.6) is 11.5 Å². The fourth-order valence-corrected chi connectivity index (χ4v) is 2.41. The third-order valence-electron chi connectivity index (χ3n) is 3.69. The number of rotatable bonds is 5. The van der Waals surface area contributed by atoms with Gasteiger partial charge in [0.05, 0.1) is 19.8 Å². The van der Waals surface area contributed by atoms with Crippen LogP contribution in [0.25, 0.3) is 0 Å². The molecule has 1 fully saturated rings. The number of methoxy groups -OCH3 is 1. The Labute approximate surface area is 120 Å². The zero-order chi connectivity index (χ0) is 14.5. The van der Waals surface area contributed by atoms with Crippen molar-refractivity contribution < 1.29 is 14.6 Å². The molecule has 2 atom stereocenters. The largest absolute Gasteiger partial charge is 0.508 e. The molecule has 0 radical (unpaired) electrons. The van der Waals surface area contributed by atoms with Crippen LogP contribution in [-0.2, 0) is 4.74 Å². The Morgan fingerprint density at radius 3 is 3.05 bits per heavy atom. The second kappa shape index (κ2) is 6.92. The summed E-state index contributed by atoms with van der Waals surface area (Å²) in [6, 6.07) is 5.32. The molecule has 1 saturated heterocycles. The number of likely N-dealkylation sites (N-methyl/N-ethyl adjacent to an activating group) is 1. The van der Waals surface area contributed by atoms with Crippen molar-refractivity contribution in [1.82, 2.24) is 10.2 Å². The smallest absolute Gasteiger partial charge is 0.120 e. The first kappa shape index (κ1) is 15.1. The van der Waals surface area contributed by atoms with Crippen molar-refractivity contribution >= 4 is 0 Å². The molecule has 20 heavy (non-hydrogen) atoms. The highest BCUT2D eigenvalue weighted by molar-refractivity contribution is 5.41. The number of aromatic hydroxyl groups is 1. The number of benzene rings is 1. The molecule has 2 N–H and O–H groups in total. The minimum Gasteiger partial charge on any atom is -0.508 e. The molecule has 5 heteroatoms. The Kier molecular flexibility index (Phi) is 5.23. The summed E-state index contributed by atoms with van der Waals surface area (Å²) in [6.45, 7) is 5.50. The van der Waals surface area contributed by atoms with Crippen LogP contribution in [0.15, 0.2) is 18.2 Å². The summed E-state index contributed by atoms with van der Waals surface area (Å²) in [6.07, 6.45) is 0.198. The Balaban J connectivity index is 1.92. The van der Waals surface area contributed by atoms with E-state index in [1.807, 2.05) is 13.0 Å². The fourth-order valence-electron chi connectivity index (χ4n) is 2.41. The number of ether oxygens (including phenoxy) is 2. The van der Waals surface area contributed by atoms with E-state index < -0.39 is 0 Å². The van der Waals surface area contributed by atoms with Crippen molar-refractivity contribution in [2.75, 3.05) is 40.4 Å². The molecule has 0 aromatic heterocycles. The van der Waals surface area contributed by atoms with Crippen LogP contribution in [-0.4, -0.2) is 56.5 Å². The molecule has 0 saturated carbocycles. The standard InChI is InChI=1S/C15H24N2O3/c1-11(14-8-12(19-3)4-5-15(14)18)16-9-13-10-17(2)6-7-20-13/h4-5,8,11,13,16,18H,6-7,9-10H2,1-3H3. The maximum Gasteiger partial charge on any atom is 0.120 e. The van der Waals surface area contributed by atoms with Crippen LogP contribution < -0.4 is 10.1 Å². The topological polar surface area (TPSA) is 54.0 Å². The van der Waals surface area contributed by atoms with Crippen LogP contribution in [0.2, 0.25) is 0 Å². The quantitative estimate of drug-likeness (QED) is 0.853. The van der Waals surface area contributed by atoms with E-state index >= 15 is 0 Å². The lowest BCUT2D eigenvalue weighted by atomic mass is 10.1. The molecule has 112 valence electrons. The molecule has 0 spiro atoms. The summed E-state index contributed by atoms with van der Waals surface area (Å²) >= 11 is 0. The number of nitrogens with one attached hydrogen (secondary N) is 1. The van der Waals surface area contributed by atoms with Gasteiger partial charge in [-0.25, -0.2) is 0 Å². The highest BCUT2D eigenvalue weighted by Crippen LogP contribution is 2.28. The lowest BCUT2D eigenvalue weighted by molar-refractivity contribution is -0.0191. The molecule has 0 bridgehead atoms. The molecule has 1 aliphatic rings. The predicted molar refractivity (Wildman–Crippen MR) is 78.3 cm³/mol. The first-order valence-corrected chi connectivity index (χ1v) is 7.00. The average Bonchev–Trinajstić information content (AvgIpc) is 2.45. The third kappa shape index (κ3) is 3.85. The van der Waals surface area contributed by atoms with Gasteiger partial charge in [0.2, 0.25) is 0 Å². The van der Waals surface area contributed by atoms with Gasteiger partial charge >= 0.3 is 0 Å². The molecule has 1 heterocycles. The number of phenolic OH excluding ortho intramolecular Hbond substituents is 1. The number of nitrogens with zero attached hydrogens (tertiary/aromatic N) is 1. The minimum absolute atomic E-state index is 0.0425. The Hall–Kier alpha value is -1.30. The van der Waals surface area contributed by atoms with Gasteiger partial charge < -0.3 is 24.8 Å². The lowest BCUT2D eigenvalue weighted by Gasteiger charge is -2.31. The van der Waals surface area contributed by atoms with Gasteiger partial charge in [-0.1, -0.05) is 0 Å². The minimum atomic E-state index is 0.0425. The van der Waals surface area contributed by atoms with Crippen molar-refractivity contribution in [3.05, 3.63) is 23.8 Å². The Bertz CT molecular complexity index is 439. The predicted octanol–water partition coefficient (Wildman–Crippen LogP) is 1.38. The molecule has 2 unspecified atom stereocenters. The maximum atomic E-state index is 9.94. The van der Waals surface area contributed by atoms with Crippen LogP contribution >= 0.6 is 0 Å². The fraction of sp³-hybridized carbons (Fsp3) is 0.600.